The van der Waals surface area contributed by atoms with Crippen molar-refractivity contribution in [2.45, 2.75) is 44.6 Å². The Bertz CT molecular complexity index is 960. The fourth-order valence-corrected chi connectivity index (χ4v) is 4.47. The van der Waals surface area contributed by atoms with E-state index < -0.39 is 11.6 Å². The maximum atomic E-state index is 13.5. The molecular weight excluding hydrogens is 404 g/mol. The van der Waals surface area contributed by atoms with Crippen molar-refractivity contribution in [2.75, 3.05) is 25.6 Å². The molecule has 166 valence electrons. The number of halogens is 2. The van der Waals surface area contributed by atoms with Crippen molar-refractivity contribution < 1.29 is 23.0 Å². The van der Waals surface area contributed by atoms with E-state index in [0.29, 0.717) is 18.9 Å². The molecule has 2 N–H and O–H groups in total. The van der Waals surface area contributed by atoms with Crippen LogP contribution in [0, 0.1) is 17.0 Å². The lowest BCUT2D eigenvalue weighted by atomic mass is 9.66. The van der Waals surface area contributed by atoms with Gasteiger partial charge in [-0.3, -0.25) is 4.79 Å². The molecule has 2 fully saturated rings. The average molecular weight is 431 g/mol. The highest BCUT2D eigenvalue weighted by Gasteiger charge is 2.47. The number of carbonyl (C=O) groups is 1. The molecule has 1 unspecified atom stereocenters. The molecule has 1 atom stereocenters. The van der Waals surface area contributed by atoms with Gasteiger partial charge in [0, 0.05) is 24.9 Å². The Morgan fingerprint density at radius 2 is 1.94 bits per heavy atom. The number of methoxy groups -OCH3 is 1. The monoisotopic (exact) mass is 431 g/mol. The van der Waals surface area contributed by atoms with E-state index in [1.54, 1.807) is 12.1 Å². The smallest absolute Gasteiger partial charge is 0.273 e. The minimum absolute atomic E-state index is 0.0161. The second-order valence-corrected chi connectivity index (χ2v) is 8.84. The lowest BCUT2D eigenvalue weighted by Crippen LogP contribution is -2.52. The summed E-state index contributed by atoms with van der Waals surface area (Å²) in [5.41, 5.74) is 0.245. The van der Waals surface area contributed by atoms with Crippen molar-refractivity contribution >= 4 is 17.4 Å². The minimum Gasteiger partial charge on any atom is -0.494 e. The Labute approximate surface area is 180 Å². The van der Waals surface area contributed by atoms with E-state index >= 15 is 0 Å². The van der Waals surface area contributed by atoms with Gasteiger partial charge in [-0.25, -0.2) is 13.8 Å². The van der Waals surface area contributed by atoms with Crippen LogP contribution in [0.3, 0.4) is 0 Å². The molecule has 1 saturated heterocycles. The summed E-state index contributed by atoms with van der Waals surface area (Å²) in [4.78, 5) is 17.3. The number of aromatic nitrogens is 1. The first-order chi connectivity index (χ1) is 14.8. The number of nitrogens with one attached hydrogen (secondary N) is 2. The molecule has 1 amide bonds. The quantitative estimate of drug-likeness (QED) is 0.701. The summed E-state index contributed by atoms with van der Waals surface area (Å²) >= 11 is 0. The van der Waals surface area contributed by atoms with Crippen molar-refractivity contribution in [2.24, 2.45) is 5.41 Å². The van der Waals surface area contributed by atoms with Gasteiger partial charge in [0.25, 0.3) is 5.91 Å². The van der Waals surface area contributed by atoms with Crippen LogP contribution >= 0.6 is 0 Å². The third-order valence-corrected chi connectivity index (χ3v) is 6.23. The topological polar surface area (TPSA) is 72.5 Å². The fraction of sp³-hybridized carbons (Fsp3) is 0.478. The Kier molecular flexibility index (Phi) is 5.83. The van der Waals surface area contributed by atoms with Crippen LogP contribution in [0.25, 0.3) is 0 Å². The van der Waals surface area contributed by atoms with Gasteiger partial charge >= 0.3 is 0 Å². The number of nitrogens with zero attached hydrogens (tertiary/aromatic N) is 1. The minimum atomic E-state index is -0.706. The molecule has 0 radical (unpaired) electrons. The molecule has 1 saturated carbocycles. The molecule has 8 heteroatoms. The summed E-state index contributed by atoms with van der Waals surface area (Å²) in [6.45, 7) is 3.39. The number of hydrogen-bond acceptors (Lipinski definition) is 5. The lowest BCUT2D eigenvalue weighted by Gasteiger charge is -2.51. The van der Waals surface area contributed by atoms with Gasteiger partial charge < -0.3 is 20.1 Å². The van der Waals surface area contributed by atoms with Gasteiger partial charge in [0.2, 0.25) is 0 Å². The van der Waals surface area contributed by atoms with Crippen molar-refractivity contribution in [3.63, 3.8) is 0 Å². The van der Waals surface area contributed by atoms with Crippen molar-refractivity contribution in [3.8, 4) is 5.75 Å². The zero-order chi connectivity index (χ0) is 22.1. The third-order valence-electron chi connectivity index (χ3n) is 6.23. The van der Waals surface area contributed by atoms with Crippen LogP contribution in [0.2, 0.25) is 0 Å². The zero-order valence-electron chi connectivity index (χ0n) is 17.8. The summed E-state index contributed by atoms with van der Waals surface area (Å²) in [7, 11) is 1.46. The number of benzene rings is 1. The first-order valence-electron chi connectivity index (χ1n) is 10.5. The number of ether oxygens (including phenoxy) is 2. The van der Waals surface area contributed by atoms with E-state index in [9.17, 15) is 13.6 Å². The van der Waals surface area contributed by atoms with Gasteiger partial charge in [-0.05, 0) is 61.8 Å². The molecule has 1 aliphatic heterocycles. The van der Waals surface area contributed by atoms with Crippen LogP contribution in [0.4, 0.5) is 20.3 Å². The van der Waals surface area contributed by atoms with Crippen LogP contribution in [0.5, 0.6) is 5.75 Å². The van der Waals surface area contributed by atoms with Crippen LogP contribution in [0.15, 0.2) is 30.3 Å². The van der Waals surface area contributed by atoms with Crippen LogP contribution in [0.1, 0.15) is 49.5 Å². The normalized spacial score (nSPS) is 21.9. The Morgan fingerprint density at radius 1 is 1.19 bits per heavy atom. The molecule has 4 rings (SSSR count). The van der Waals surface area contributed by atoms with E-state index in [1.165, 1.54) is 13.5 Å². The molecule has 2 aromatic rings. The standard InChI is InChI=1S/C23H27F2N3O3/c1-22(8-9-31-23(13-22)6-3-7-23)14-26-21(29)20-18(30-2)4-5-19(28-20)27-17-11-15(24)10-16(25)12-17/h4-5,10-12H,3,6-9,13-14H2,1-2H3,(H,26,29)(H,27,28). The number of amides is 1. The van der Waals surface area contributed by atoms with Gasteiger partial charge in [-0.1, -0.05) is 6.92 Å². The molecular formula is C23H27F2N3O3. The molecule has 2 heterocycles. The summed E-state index contributed by atoms with van der Waals surface area (Å²) in [5, 5.41) is 5.82. The highest BCUT2D eigenvalue weighted by atomic mass is 19.1. The first-order valence-corrected chi connectivity index (χ1v) is 10.5. The van der Waals surface area contributed by atoms with Crippen LogP contribution in [-0.4, -0.2) is 36.8 Å². The Morgan fingerprint density at radius 3 is 2.58 bits per heavy atom. The molecule has 6 nitrogen and oxygen atoms in total. The molecule has 0 bridgehead atoms. The number of carbonyl (C=O) groups excluding carboxylic acids is 1. The SMILES string of the molecule is COc1ccc(Nc2cc(F)cc(F)c2)nc1C(=O)NCC1(C)CCOC2(CCC2)C1. The van der Waals surface area contributed by atoms with Crippen molar-refractivity contribution in [3.05, 3.63) is 47.7 Å². The van der Waals surface area contributed by atoms with Crippen LogP contribution in [-0.2, 0) is 4.74 Å². The Hall–Kier alpha value is -2.74. The van der Waals surface area contributed by atoms with E-state index in [2.05, 4.69) is 22.5 Å². The molecule has 1 aliphatic carbocycles. The number of rotatable bonds is 6. The van der Waals surface area contributed by atoms with Crippen molar-refractivity contribution in [1.29, 1.82) is 0 Å². The second-order valence-electron chi connectivity index (χ2n) is 8.84. The van der Waals surface area contributed by atoms with E-state index in [0.717, 1.165) is 43.9 Å². The highest BCUT2D eigenvalue weighted by molar-refractivity contribution is 5.95. The average Bonchev–Trinajstić information content (AvgIpc) is 2.70. The molecule has 2 aliphatic rings. The molecule has 1 aromatic carbocycles. The maximum Gasteiger partial charge on any atom is 0.273 e. The summed E-state index contributed by atoms with van der Waals surface area (Å²) < 4.78 is 38.2. The predicted molar refractivity (Wildman–Crippen MR) is 113 cm³/mol. The summed E-state index contributed by atoms with van der Waals surface area (Å²) in [6.07, 6.45) is 5.17. The largest absolute Gasteiger partial charge is 0.494 e. The van der Waals surface area contributed by atoms with Gasteiger partial charge in [-0.15, -0.1) is 0 Å². The van der Waals surface area contributed by atoms with E-state index in [-0.39, 0.29) is 34.1 Å². The fourth-order valence-electron chi connectivity index (χ4n) is 4.47. The van der Waals surface area contributed by atoms with Gasteiger partial charge in [0.15, 0.2) is 5.69 Å². The summed E-state index contributed by atoms with van der Waals surface area (Å²) in [6, 6.07) is 6.27. The highest BCUT2D eigenvalue weighted by Crippen LogP contribution is 2.48. The van der Waals surface area contributed by atoms with E-state index in [1.807, 2.05) is 0 Å². The molecule has 1 spiro atoms. The van der Waals surface area contributed by atoms with Gasteiger partial charge in [0.05, 0.1) is 12.7 Å². The maximum absolute atomic E-state index is 13.5. The number of pyridine rings is 1. The lowest BCUT2D eigenvalue weighted by molar-refractivity contribution is -0.162. The number of hydrogen-bond donors (Lipinski definition) is 2. The Balaban J connectivity index is 1.47. The second kappa shape index (κ2) is 8.42. The predicted octanol–water partition coefficient (Wildman–Crippen LogP) is 4.58. The molecule has 31 heavy (non-hydrogen) atoms. The molecule has 1 aromatic heterocycles. The first kappa shape index (κ1) is 21.5. The van der Waals surface area contributed by atoms with Crippen LogP contribution < -0.4 is 15.4 Å². The van der Waals surface area contributed by atoms with Crippen molar-refractivity contribution in [1.82, 2.24) is 10.3 Å². The third kappa shape index (κ3) is 4.79. The zero-order valence-corrected chi connectivity index (χ0v) is 17.8. The van der Waals surface area contributed by atoms with Gasteiger partial charge in [-0.2, -0.15) is 0 Å². The van der Waals surface area contributed by atoms with Gasteiger partial charge in [0.1, 0.15) is 23.2 Å². The number of anilines is 2. The van der Waals surface area contributed by atoms with E-state index in [4.69, 9.17) is 9.47 Å². The summed E-state index contributed by atoms with van der Waals surface area (Å²) in [5.74, 6) is -1.17.